The van der Waals surface area contributed by atoms with Crippen molar-refractivity contribution in [2.24, 2.45) is 0 Å². The fourth-order valence-electron chi connectivity index (χ4n) is 7.52. The maximum atomic E-state index is 11.3. The number of aromatic nitrogens is 2. The Morgan fingerprint density at radius 3 is 2.43 bits per heavy atom. The van der Waals surface area contributed by atoms with Crippen molar-refractivity contribution in [3.8, 4) is 0 Å². The molecule has 0 radical (unpaired) electrons. The Morgan fingerprint density at radius 2 is 1.70 bits per heavy atom. The minimum Gasteiger partial charge on any atom is -0.748 e. The zero-order valence-electron chi connectivity index (χ0n) is 25.9. The molecule has 0 bridgehead atoms. The molecule has 0 saturated heterocycles. The lowest BCUT2D eigenvalue weighted by Crippen LogP contribution is -2.33. The lowest BCUT2D eigenvalue weighted by Gasteiger charge is -2.23. The second-order valence-electron chi connectivity index (χ2n) is 12.7. The highest BCUT2D eigenvalue weighted by molar-refractivity contribution is 7.86. The molecule has 2 N–H and O–H groups in total. The topological polar surface area (TPSA) is 187 Å². The number of fused-ring (bicyclic) bond motifs is 6. The summed E-state index contributed by atoms with van der Waals surface area (Å²) in [5, 5.41) is 20.9. The lowest BCUT2D eigenvalue weighted by atomic mass is 9.84. The van der Waals surface area contributed by atoms with Crippen LogP contribution in [-0.2, 0) is 31.1 Å². The number of nitrogens with zero attached hydrogens (tertiary/aromatic N) is 4. The number of rotatable bonds is 10. The van der Waals surface area contributed by atoms with Gasteiger partial charge in [-0.2, -0.15) is 4.58 Å². The first-order valence-electron chi connectivity index (χ1n) is 15.2. The van der Waals surface area contributed by atoms with Crippen molar-refractivity contribution in [3.63, 3.8) is 0 Å². The van der Waals surface area contributed by atoms with Crippen LogP contribution in [-0.4, -0.2) is 80.6 Å². The zero-order chi connectivity index (χ0) is 33.8. The maximum Gasteiger partial charge on any atom is 0.228 e. The zero-order valence-corrected chi connectivity index (χ0v) is 27.5. The van der Waals surface area contributed by atoms with Crippen molar-refractivity contribution in [1.29, 1.82) is 0 Å². The Hall–Kier alpha value is -3.95. The summed E-state index contributed by atoms with van der Waals surface area (Å²) in [5.74, 6) is -2.45. The summed E-state index contributed by atoms with van der Waals surface area (Å²) in [6, 6.07) is 7.27. The Bertz CT molecular complexity index is 2050. The Morgan fingerprint density at radius 1 is 1.00 bits per heavy atom. The summed E-state index contributed by atoms with van der Waals surface area (Å²) in [7, 11) is -9.29. The summed E-state index contributed by atoms with van der Waals surface area (Å²) in [5.41, 5.74) is 6.03. The number of allylic oxidation sites excluding steroid dienone is 8. The van der Waals surface area contributed by atoms with Crippen molar-refractivity contribution >= 4 is 37.3 Å². The highest BCUT2D eigenvalue weighted by Crippen LogP contribution is 2.55. The number of hydrogen-bond acceptors (Lipinski definition) is 11. The summed E-state index contributed by atoms with van der Waals surface area (Å²) in [6.07, 6.45) is 16.0. The molecule has 2 aromatic rings. The van der Waals surface area contributed by atoms with E-state index in [9.17, 15) is 36.2 Å². The van der Waals surface area contributed by atoms with E-state index < -0.39 is 54.4 Å². The van der Waals surface area contributed by atoms with Crippen molar-refractivity contribution < 1.29 is 40.7 Å². The van der Waals surface area contributed by atoms with Gasteiger partial charge in [-0.3, -0.25) is 9.97 Å². The van der Waals surface area contributed by atoms with Crippen LogP contribution in [0.3, 0.4) is 0 Å². The molecule has 0 aromatic carbocycles. The molecule has 4 heterocycles. The number of pyridine rings is 2. The fraction of sp³-hybridized carbons (Fsp3) is 0.364. The third-order valence-corrected chi connectivity index (χ3v) is 10.8. The molecule has 1 fully saturated rings. The van der Waals surface area contributed by atoms with Gasteiger partial charge in [0.25, 0.3) is 0 Å². The number of hydrogen-bond donors (Lipinski definition) is 2. The number of aliphatic hydroxyl groups excluding tert-OH is 2. The van der Waals surface area contributed by atoms with Gasteiger partial charge < -0.3 is 24.2 Å². The summed E-state index contributed by atoms with van der Waals surface area (Å²) < 4.78 is 69.7. The minimum atomic E-state index is -4.68. The third kappa shape index (κ3) is 6.23. The standard InChI is InChI=1S/C33H36N4O8S2/c1-32-14-12-22(30(32)36(18-24(38)20-46(40,41)42)26-10-6-16-34-28(26)32)8-4-3-5-9-23-13-15-33(2)29-27(11-7-17-35-29)37(31(23)33)19-25(39)21-47(43,44)45/h3-11,16-18,25,39H,12-15,19-21H2,1-2H3,(H2-,38,40,41,42,43,44,45)/p-1/b24-18+. The Balaban J connectivity index is 1.30. The van der Waals surface area contributed by atoms with Gasteiger partial charge in [0, 0.05) is 35.9 Å². The monoisotopic (exact) mass is 679 g/mol. The summed E-state index contributed by atoms with van der Waals surface area (Å²) >= 11 is 0. The Labute approximate surface area is 274 Å². The normalized spacial score (nSPS) is 25.8. The minimum absolute atomic E-state index is 0.0553. The van der Waals surface area contributed by atoms with Crippen molar-refractivity contribution in [2.45, 2.75) is 56.5 Å². The molecule has 14 heteroatoms. The third-order valence-electron chi connectivity index (χ3n) is 9.33. The van der Waals surface area contributed by atoms with E-state index >= 15 is 0 Å². The number of β-amino-alcohol motifs (C(OH)–C–C–N with tert-alkyl or cyclic N) is 1. The van der Waals surface area contributed by atoms with Crippen LogP contribution in [0, 0.1) is 0 Å². The van der Waals surface area contributed by atoms with E-state index in [1.54, 1.807) is 29.4 Å². The molecule has 3 unspecified atom stereocenters. The number of aliphatic hydroxyl groups is 2. The molecule has 0 spiro atoms. The van der Waals surface area contributed by atoms with Crippen LogP contribution in [0.4, 0.5) is 11.4 Å². The summed E-state index contributed by atoms with van der Waals surface area (Å²) in [4.78, 5) is 10.9. The van der Waals surface area contributed by atoms with E-state index in [-0.39, 0.29) is 6.54 Å². The molecule has 2 aliphatic carbocycles. The molecule has 47 heavy (non-hydrogen) atoms. The van der Waals surface area contributed by atoms with E-state index in [4.69, 9.17) is 0 Å². The van der Waals surface area contributed by atoms with Gasteiger partial charge in [-0.05, 0) is 63.3 Å². The van der Waals surface area contributed by atoms with E-state index in [1.807, 2.05) is 47.1 Å². The van der Waals surface area contributed by atoms with Gasteiger partial charge in [-0.15, -0.1) is 0 Å². The highest BCUT2D eigenvalue weighted by atomic mass is 32.2. The molecule has 0 amide bonds. The predicted molar refractivity (Wildman–Crippen MR) is 173 cm³/mol. The average molecular weight is 680 g/mol. The van der Waals surface area contributed by atoms with Crippen LogP contribution in [0.15, 0.2) is 95.8 Å². The lowest BCUT2D eigenvalue weighted by molar-refractivity contribution is -0.448. The predicted octanol–water partition coefficient (Wildman–Crippen LogP) is 3.34. The second kappa shape index (κ2) is 11.9. The molecular formula is C33H35N4O8S2-. The smallest absolute Gasteiger partial charge is 0.228 e. The first-order chi connectivity index (χ1) is 22.1. The molecule has 4 aliphatic rings. The molecular weight excluding hydrogens is 645 g/mol. The molecule has 12 nitrogen and oxygen atoms in total. The van der Waals surface area contributed by atoms with Gasteiger partial charge in [0.05, 0.1) is 38.4 Å². The van der Waals surface area contributed by atoms with E-state index in [0.717, 1.165) is 65.3 Å². The van der Waals surface area contributed by atoms with Crippen LogP contribution in [0.2, 0.25) is 0 Å². The first kappa shape index (κ1) is 33.0. The van der Waals surface area contributed by atoms with Gasteiger partial charge >= 0.3 is 0 Å². The van der Waals surface area contributed by atoms with E-state index in [2.05, 4.69) is 23.8 Å². The van der Waals surface area contributed by atoms with Crippen LogP contribution in [0.5, 0.6) is 0 Å². The molecule has 6 rings (SSSR count). The molecule has 248 valence electrons. The largest absolute Gasteiger partial charge is 0.748 e. The molecule has 2 aliphatic heterocycles. The van der Waals surface area contributed by atoms with Crippen LogP contribution in [0.1, 0.15) is 50.9 Å². The second-order valence-corrected chi connectivity index (χ2v) is 15.6. The Kier molecular flexibility index (Phi) is 8.37. The van der Waals surface area contributed by atoms with Crippen LogP contribution in [0.25, 0.3) is 0 Å². The maximum absolute atomic E-state index is 11.3. The van der Waals surface area contributed by atoms with Gasteiger partial charge in [0.1, 0.15) is 33.1 Å². The first-order valence-corrected chi connectivity index (χ1v) is 18.3. The quantitative estimate of drug-likeness (QED) is 0.162. The highest BCUT2D eigenvalue weighted by Gasteiger charge is 2.55. The van der Waals surface area contributed by atoms with Gasteiger partial charge in [0.2, 0.25) is 5.69 Å². The SMILES string of the molecule is CC12CCC(/C=C/C=C/C=C3\CCC4(C)C3=[N+](CC(O)CS(=O)(=O)[O-])c3cccnc34)=C1N(/C=C(/O)CS(=O)(=O)[O-])c1cccnc12. The average Bonchev–Trinajstić information content (AvgIpc) is 3.63. The van der Waals surface area contributed by atoms with Crippen molar-refractivity contribution in [2.75, 3.05) is 23.0 Å². The molecule has 3 atom stereocenters. The van der Waals surface area contributed by atoms with E-state index in [1.165, 1.54) is 6.20 Å². The van der Waals surface area contributed by atoms with Crippen LogP contribution < -0.4 is 4.90 Å². The van der Waals surface area contributed by atoms with Crippen molar-refractivity contribution in [3.05, 3.63) is 107 Å². The van der Waals surface area contributed by atoms with Gasteiger partial charge in [-0.1, -0.05) is 30.4 Å². The molecule has 1 saturated carbocycles. The fourth-order valence-corrected chi connectivity index (χ4v) is 8.54. The van der Waals surface area contributed by atoms with E-state index in [0.29, 0.717) is 5.69 Å². The van der Waals surface area contributed by atoms with Gasteiger partial charge in [-0.25, -0.2) is 16.8 Å². The van der Waals surface area contributed by atoms with Crippen molar-refractivity contribution in [1.82, 2.24) is 9.97 Å². The summed E-state index contributed by atoms with van der Waals surface area (Å²) in [6.45, 7) is 4.09. The van der Waals surface area contributed by atoms with Gasteiger partial charge in [0.15, 0.2) is 12.3 Å². The number of anilines is 1. The van der Waals surface area contributed by atoms with Crippen LogP contribution >= 0.6 is 0 Å². The molecule has 2 aromatic heterocycles.